The molecular formula is C12H11F4N3O. The third-order valence-electron chi connectivity index (χ3n) is 2.83. The Morgan fingerprint density at radius 3 is 2.50 bits per heavy atom. The topological polar surface area (TPSA) is 50.9 Å². The summed E-state index contributed by atoms with van der Waals surface area (Å²) in [6, 6.07) is 2.97. The zero-order chi connectivity index (χ0) is 14.9. The molecule has 0 bridgehead atoms. The van der Waals surface area contributed by atoms with Crippen LogP contribution in [0.1, 0.15) is 18.3 Å². The molecule has 0 aliphatic carbocycles. The lowest BCUT2D eigenvalue weighted by atomic mass is 10.1. The zero-order valence-electron chi connectivity index (χ0n) is 10.4. The molecule has 1 N–H and O–H groups in total. The van der Waals surface area contributed by atoms with Crippen molar-refractivity contribution in [2.75, 3.05) is 0 Å². The van der Waals surface area contributed by atoms with Crippen LogP contribution in [0.15, 0.2) is 18.2 Å². The summed E-state index contributed by atoms with van der Waals surface area (Å²) in [6.45, 7) is 1.56. The first-order valence-electron chi connectivity index (χ1n) is 5.79. The number of benzene rings is 1. The van der Waals surface area contributed by atoms with Crippen molar-refractivity contribution in [2.45, 2.75) is 26.3 Å². The smallest absolute Gasteiger partial charge is 0.388 e. The molecule has 0 aliphatic heterocycles. The van der Waals surface area contributed by atoms with Crippen molar-refractivity contribution >= 4 is 0 Å². The molecule has 0 fully saturated rings. The van der Waals surface area contributed by atoms with Crippen molar-refractivity contribution < 1.29 is 22.7 Å². The first kappa shape index (κ1) is 14.4. The lowest BCUT2D eigenvalue weighted by Gasteiger charge is -2.11. The molecule has 20 heavy (non-hydrogen) atoms. The van der Waals surface area contributed by atoms with Crippen LogP contribution in [0.3, 0.4) is 0 Å². The van der Waals surface area contributed by atoms with Crippen LogP contribution >= 0.6 is 0 Å². The minimum Gasteiger partial charge on any atom is -0.388 e. The van der Waals surface area contributed by atoms with Gasteiger partial charge in [0.05, 0.1) is 11.1 Å². The molecule has 2 rings (SSSR count). The van der Waals surface area contributed by atoms with Gasteiger partial charge in [-0.25, -0.2) is 4.39 Å². The lowest BCUT2D eigenvalue weighted by Crippen LogP contribution is -2.10. The summed E-state index contributed by atoms with van der Waals surface area (Å²) in [4.78, 5) is 0. The Balaban J connectivity index is 2.62. The van der Waals surface area contributed by atoms with E-state index in [9.17, 15) is 17.6 Å². The summed E-state index contributed by atoms with van der Waals surface area (Å²) in [5.74, 6) is -1.27. The van der Waals surface area contributed by atoms with Crippen LogP contribution < -0.4 is 0 Å². The Hall–Kier alpha value is -1.96. The second-order valence-corrected chi connectivity index (χ2v) is 4.01. The highest BCUT2D eigenvalue weighted by Gasteiger charge is 2.35. The van der Waals surface area contributed by atoms with Crippen molar-refractivity contribution in [1.82, 2.24) is 14.8 Å². The Morgan fingerprint density at radius 1 is 1.25 bits per heavy atom. The van der Waals surface area contributed by atoms with E-state index < -0.39 is 24.2 Å². The minimum atomic E-state index is -4.78. The molecule has 1 heterocycles. The molecule has 0 saturated heterocycles. The standard InChI is InChI=1S/C12H11F4N3O/c1-2-19-9(6-20)17-18-11(19)7-4-3-5-8(10(7)13)12(14,15)16/h3-5,20H,2,6H2,1H3. The first-order valence-corrected chi connectivity index (χ1v) is 5.79. The second kappa shape index (κ2) is 5.20. The molecule has 1 aromatic carbocycles. The van der Waals surface area contributed by atoms with Crippen LogP contribution in [-0.2, 0) is 19.3 Å². The lowest BCUT2D eigenvalue weighted by molar-refractivity contribution is -0.139. The summed E-state index contributed by atoms with van der Waals surface area (Å²) in [5.41, 5.74) is -1.65. The fraction of sp³-hybridized carbons (Fsp3) is 0.333. The summed E-state index contributed by atoms with van der Waals surface area (Å²) in [5, 5.41) is 16.4. The molecule has 0 radical (unpaired) electrons. The van der Waals surface area contributed by atoms with Crippen LogP contribution in [0.2, 0.25) is 0 Å². The maximum atomic E-state index is 14.0. The SMILES string of the molecule is CCn1c(CO)nnc1-c1cccc(C(F)(F)F)c1F. The average Bonchev–Trinajstić information content (AvgIpc) is 2.80. The predicted octanol–water partition coefficient (Wildman–Crippen LogP) is 2.62. The van der Waals surface area contributed by atoms with E-state index in [0.717, 1.165) is 6.07 Å². The van der Waals surface area contributed by atoms with Gasteiger partial charge in [0, 0.05) is 6.54 Å². The number of hydrogen-bond acceptors (Lipinski definition) is 3. The molecule has 8 heteroatoms. The largest absolute Gasteiger partial charge is 0.419 e. The van der Waals surface area contributed by atoms with Gasteiger partial charge in [-0.2, -0.15) is 13.2 Å². The van der Waals surface area contributed by atoms with Gasteiger partial charge >= 0.3 is 6.18 Å². The summed E-state index contributed by atoms with van der Waals surface area (Å²) < 4.78 is 53.4. The number of halogens is 4. The summed E-state index contributed by atoms with van der Waals surface area (Å²) >= 11 is 0. The van der Waals surface area contributed by atoms with Gasteiger partial charge in [0.25, 0.3) is 0 Å². The van der Waals surface area contributed by atoms with Gasteiger partial charge in [-0.05, 0) is 19.1 Å². The Morgan fingerprint density at radius 2 is 1.95 bits per heavy atom. The van der Waals surface area contributed by atoms with E-state index in [1.165, 1.54) is 10.6 Å². The maximum absolute atomic E-state index is 14.0. The number of rotatable bonds is 3. The number of nitrogens with zero attached hydrogens (tertiary/aromatic N) is 3. The molecule has 1 aromatic heterocycles. The van der Waals surface area contributed by atoms with Crippen LogP contribution in [-0.4, -0.2) is 19.9 Å². The van der Waals surface area contributed by atoms with Crippen LogP contribution in [0, 0.1) is 5.82 Å². The zero-order valence-corrected chi connectivity index (χ0v) is 10.4. The third kappa shape index (κ3) is 2.38. The van der Waals surface area contributed by atoms with Crippen LogP contribution in [0.4, 0.5) is 17.6 Å². The predicted molar refractivity (Wildman–Crippen MR) is 62.0 cm³/mol. The molecule has 0 atom stereocenters. The second-order valence-electron chi connectivity index (χ2n) is 4.01. The Kier molecular flexibility index (Phi) is 3.76. The van der Waals surface area contributed by atoms with Crippen LogP contribution in [0.25, 0.3) is 11.4 Å². The molecule has 0 unspecified atom stereocenters. The fourth-order valence-corrected chi connectivity index (χ4v) is 1.91. The summed E-state index contributed by atoms with van der Waals surface area (Å²) in [6.07, 6.45) is -4.78. The molecule has 0 aliphatic rings. The van der Waals surface area contributed by atoms with Gasteiger partial charge in [-0.15, -0.1) is 10.2 Å². The number of alkyl halides is 3. The van der Waals surface area contributed by atoms with Crippen molar-refractivity contribution in [1.29, 1.82) is 0 Å². The monoisotopic (exact) mass is 289 g/mol. The molecule has 0 spiro atoms. The molecular weight excluding hydrogens is 278 g/mol. The van der Waals surface area contributed by atoms with Gasteiger partial charge in [0.15, 0.2) is 11.6 Å². The number of aliphatic hydroxyl groups is 1. The van der Waals surface area contributed by atoms with E-state index >= 15 is 0 Å². The quantitative estimate of drug-likeness (QED) is 0.884. The van der Waals surface area contributed by atoms with E-state index in [2.05, 4.69) is 10.2 Å². The van der Waals surface area contributed by atoms with Crippen molar-refractivity contribution in [2.24, 2.45) is 0 Å². The van der Waals surface area contributed by atoms with Gasteiger partial charge in [0.2, 0.25) is 0 Å². The Bertz CT molecular complexity index is 622. The normalized spacial score (nSPS) is 11.9. The third-order valence-corrected chi connectivity index (χ3v) is 2.83. The minimum absolute atomic E-state index is 0.0415. The highest BCUT2D eigenvalue weighted by molar-refractivity contribution is 5.58. The van der Waals surface area contributed by atoms with E-state index in [0.29, 0.717) is 12.6 Å². The highest BCUT2D eigenvalue weighted by atomic mass is 19.4. The molecule has 0 saturated carbocycles. The van der Waals surface area contributed by atoms with E-state index in [1.54, 1.807) is 6.92 Å². The van der Waals surface area contributed by atoms with E-state index in [4.69, 9.17) is 5.11 Å². The van der Waals surface area contributed by atoms with Crippen molar-refractivity contribution in [3.8, 4) is 11.4 Å². The van der Waals surface area contributed by atoms with Gasteiger partial charge in [-0.3, -0.25) is 0 Å². The van der Waals surface area contributed by atoms with Crippen LogP contribution in [0.5, 0.6) is 0 Å². The fourth-order valence-electron chi connectivity index (χ4n) is 1.91. The molecule has 0 amide bonds. The highest BCUT2D eigenvalue weighted by Crippen LogP contribution is 2.35. The van der Waals surface area contributed by atoms with Gasteiger partial charge in [-0.1, -0.05) is 6.07 Å². The molecule has 108 valence electrons. The van der Waals surface area contributed by atoms with Crippen molar-refractivity contribution in [3.05, 3.63) is 35.4 Å². The molecule has 2 aromatic rings. The number of hydrogen-bond donors (Lipinski definition) is 1. The number of aromatic nitrogens is 3. The maximum Gasteiger partial charge on any atom is 0.419 e. The van der Waals surface area contributed by atoms with Gasteiger partial charge < -0.3 is 9.67 Å². The summed E-state index contributed by atoms with van der Waals surface area (Å²) in [7, 11) is 0. The van der Waals surface area contributed by atoms with Gasteiger partial charge in [0.1, 0.15) is 12.4 Å². The average molecular weight is 289 g/mol. The van der Waals surface area contributed by atoms with Crippen molar-refractivity contribution in [3.63, 3.8) is 0 Å². The number of aliphatic hydroxyl groups excluding tert-OH is 1. The van der Waals surface area contributed by atoms with E-state index in [1.807, 2.05) is 0 Å². The Labute approximate surface area is 111 Å². The van der Waals surface area contributed by atoms with E-state index in [-0.39, 0.29) is 17.2 Å². The first-order chi connectivity index (χ1) is 9.40. The molecule has 4 nitrogen and oxygen atoms in total.